The van der Waals surface area contributed by atoms with Gasteiger partial charge in [-0.05, 0) is 12.1 Å². The van der Waals surface area contributed by atoms with Crippen LogP contribution in [0.2, 0.25) is 0 Å². The summed E-state index contributed by atoms with van der Waals surface area (Å²) in [5, 5.41) is 11.2. The SMILES string of the molecule is NC(=O)CC(NC(=O)Cn1cnc2ccccc21)C(=O)O. The van der Waals surface area contributed by atoms with Crippen LogP contribution in [0.1, 0.15) is 6.42 Å². The number of carboxylic acid groups (broad SMARTS) is 1. The summed E-state index contributed by atoms with van der Waals surface area (Å²) in [5.41, 5.74) is 6.44. The molecule has 1 aromatic carbocycles. The number of aliphatic carboxylic acids is 1. The van der Waals surface area contributed by atoms with Gasteiger partial charge in [-0.2, -0.15) is 0 Å². The Balaban J connectivity index is 2.07. The van der Waals surface area contributed by atoms with Crippen LogP contribution < -0.4 is 11.1 Å². The number of nitrogens with one attached hydrogen (secondary N) is 1. The fourth-order valence-corrected chi connectivity index (χ4v) is 1.93. The van der Waals surface area contributed by atoms with Crippen molar-refractivity contribution < 1.29 is 19.5 Å². The molecule has 0 bridgehead atoms. The van der Waals surface area contributed by atoms with Crippen LogP contribution in [-0.2, 0) is 20.9 Å². The number of benzene rings is 1. The van der Waals surface area contributed by atoms with Gasteiger partial charge in [0.15, 0.2) is 0 Å². The Labute approximate surface area is 119 Å². The molecular formula is C13H14N4O4. The standard InChI is InChI=1S/C13H14N4O4/c14-11(18)5-9(13(20)21)16-12(19)6-17-7-15-8-3-1-2-4-10(8)17/h1-4,7,9H,5-6H2,(H2,14,18)(H,16,19)(H,20,21). The maximum atomic E-state index is 11.9. The molecule has 1 aromatic heterocycles. The van der Waals surface area contributed by atoms with Crippen LogP contribution in [0.3, 0.4) is 0 Å². The lowest BCUT2D eigenvalue weighted by atomic mass is 10.2. The average Bonchev–Trinajstić information content (AvgIpc) is 2.81. The first-order valence-electron chi connectivity index (χ1n) is 6.17. The molecule has 4 N–H and O–H groups in total. The minimum Gasteiger partial charge on any atom is -0.480 e. The van der Waals surface area contributed by atoms with Crippen LogP contribution >= 0.6 is 0 Å². The highest BCUT2D eigenvalue weighted by Gasteiger charge is 2.22. The number of imidazole rings is 1. The van der Waals surface area contributed by atoms with E-state index in [1.807, 2.05) is 12.1 Å². The number of amides is 2. The second-order valence-corrected chi connectivity index (χ2v) is 4.49. The highest BCUT2D eigenvalue weighted by molar-refractivity contribution is 5.88. The van der Waals surface area contributed by atoms with Crippen LogP contribution in [0.25, 0.3) is 11.0 Å². The smallest absolute Gasteiger partial charge is 0.326 e. The number of nitrogens with zero attached hydrogens (tertiary/aromatic N) is 2. The van der Waals surface area contributed by atoms with Crippen molar-refractivity contribution in [3.8, 4) is 0 Å². The van der Waals surface area contributed by atoms with Gasteiger partial charge in [0, 0.05) is 0 Å². The first kappa shape index (κ1) is 14.5. The number of hydrogen-bond donors (Lipinski definition) is 3. The van der Waals surface area contributed by atoms with E-state index < -0.39 is 30.2 Å². The van der Waals surface area contributed by atoms with Crippen molar-refractivity contribution >= 4 is 28.8 Å². The summed E-state index contributed by atoms with van der Waals surface area (Å²) in [6.45, 7) is -0.0942. The Morgan fingerprint density at radius 3 is 2.71 bits per heavy atom. The molecule has 0 saturated heterocycles. The summed E-state index contributed by atoms with van der Waals surface area (Å²) >= 11 is 0. The zero-order valence-corrected chi connectivity index (χ0v) is 11.0. The van der Waals surface area contributed by atoms with Gasteiger partial charge in [-0.25, -0.2) is 9.78 Å². The highest BCUT2D eigenvalue weighted by atomic mass is 16.4. The maximum absolute atomic E-state index is 11.9. The number of carboxylic acids is 1. The van der Waals surface area contributed by atoms with E-state index in [1.165, 1.54) is 6.33 Å². The Hall–Kier alpha value is -2.90. The van der Waals surface area contributed by atoms with Crippen LogP contribution in [0.5, 0.6) is 0 Å². The van der Waals surface area contributed by atoms with Gasteiger partial charge >= 0.3 is 5.97 Å². The lowest BCUT2D eigenvalue weighted by Crippen LogP contribution is -2.44. The van der Waals surface area contributed by atoms with E-state index in [0.29, 0.717) is 0 Å². The molecule has 2 aromatic rings. The summed E-state index contributed by atoms with van der Waals surface area (Å²) in [4.78, 5) is 37.7. The van der Waals surface area contributed by atoms with E-state index >= 15 is 0 Å². The van der Waals surface area contributed by atoms with Gasteiger partial charge in [-0.3, -0.25) is 9.59 Å². The average molecular weight is 290 g/mol. The molecule has 8 nitrogen and oxygen atoms in total. The second-order valence-electron chi connectivity index (χ2n) is 4.49. The lowest BCUT2D eigenvalue weighted by Gasteiger charge is -2.13. The molecule has 2 amide bonds. The molecule has 0 saturated carbocycles. The fourth-order valence-electron chi connectivity index (χ4n) is 1.93. The third kappa shape index (κ3) is 3.56. The number of fused-ring (bicyclic) bond motifs is 1. The molecule has 2 rings (SSSR count). The van der Waals surface area contributed by atoms with E-state index in [1.54, 1.807) is 16.7 Å². The van der Waals surface area contributed by atoms with E-state index in [4.69, 9.17) is 10.8 Å². The van der Waals surface area contributed by atoms with Crippen molar-refractivity contribution in [2.24, 2.45) is 5.73 Å². The third-order valence-corrected chi connectivity index (χ3v) is 2.88. The Morgan fingerprint density at radius 1 is 1.33 bits per heavy atom. The number of para-hydroxylation sites is 2. The molecule has 0 radical (unpaired) electrons. The van der Waals surface area contributed by atoms with Gasteiger partial charge in [0.05, 0.1) is 23.8 Å². The van der Waals surface area contributed by atoms with Crippen LogP contribution in [-0.4, -0.2) is 38.5 Å². The minimum atomic E-state index is -1.33. The number of nitrogens with two attached hydrogens (primary N) is 1. The Bertz CT molecular complexity index is 694. The summed E-state index contributed by atoms with van der Waals surface area (Å²) in [6.07, 6.45) is 1.04. The molecule has 1 heterocycles. The Morgan fingerprint density at radius 2 is 2.05 bits per heavy atom. The molecule has 0 aliphatic carbocycles. The number of aromatic nitrogens is 2. The number of rotatable bonds is 6. The quantitative estimate of drug-likeness (QED) is 0.659. The fraction of sp³-hybridized carbons (Fsp3) is 0.231. The first-order valence-corrected chi connectivity index (χ1v) is 6.17. The van der Waals surface area contributed by atoms with Crippen molar-refractivity contribution in [2.45, 2.75) is 19.0 Å². The van der Waals surface area contributed by atoms with Crippen molar-refractivity contribution in [2.75, 3.05) is 0 Å². The summed E-state index contributed by atoms with van der Waals surface area (Å²) in [6, 6.07) is 5.91. The van der Waals surface area contributed by atoms with Gasteiger partial charge in [0.1, 0.15) is 12.6 Å². The number of primary amides is 1. The molecule has 21 heavy (non-hydrogen) atoms. The zero-order chi connectivity index (χ0) is 15.4. The van der Waals surface area contributed by atoms with Crippen LogP contribution in [0, 0.1) is 0 Å². The highest BCUT2D eigenvalue weighted by Crippen LogP contribution is 2.11. The molecule has 0 aliphatic rings. The molecule has 1 unspecified atom stereocenters. The summed E-state index contributed by atoms with van der Waals surface area (Å²) < 4.78 is 1.59. The predicted molar refractivity (Wildman–Crippen MR) is 73.1 cm³/mol. The minimum absolute atomic E-state index is 0.0942. The largest absolute Gasteiger partial charge is 0.480 e. The summed E-state index contributed by atoms with van der Waals surface area (Å²) in [7, 11) is 0. The maximum Gasteiger partial charge on any atom is 0.326 e. The van der Waals surface area contributed by atoms with Gasteiger partial charge in [0.25, 0.3) is 0 Å². The predicted octanol–water partition coefficient (Wildman–Crippen LogP) is -0.519. The molecular weight excluding hydrogens is 276 g/mol. The topological polar surface area (TPSA) is 127 Å². The number of carbonyl (C=O) groups excluding carboxylic acids is 2. The monoisotopic (exact) mass is 290 g/mol. The molecule has 110 valence electrons. The van der Waals surface area contributed by atoms with E-state index in [0.717, 1.165) is 11.0 Å². The molecule has 0 spiro atoms. The zero-order valence-electron chi connectivity index (χ0n) is 11.0. The van der Waals surface area contributed by atoms with Crippen molar-refractivity contribution in [3.05, 3.63) is 30.6 Å². The van der Waals surface area contributed by atoms with E-state index in [2.05, 4.69) is 10.3 Å². The van der Waals surface area contributed by atoms with Gasteiger partial charge in [-0.1, -0.05) is 12.1 Å². The Kier molecular flexibility index (Phi) is 4.17. The molecule has 0 fully saturated rings. The van der Waals surface area contributed by atoms with E-state index in [-0.39, 0.29) is 6.54 Å². The van der Waals surface area contributed by atoms with Gasteiger partial charge in [-0.15, -0.1) is 0 Å². The van der Waals surface area contributed by atoms with Crippen LogP contribution in [0.15, 0.2) is 30.6 Å². The van der Waals surface area contributed by atoms with Crippen molar-refractivity contribution in [1.29, 1.82) is 0 Å². The lowest BCUT2D eigenvalue weighted by molar-refractivity contribution is -0.143. The molecule has 1 atom stereocenters. The van der Waals surface area contributed by atoms with E-state index in [9.17, 15) is 14.4 Å². The van der Waals surface area contributed by atoms with Gasteiger partial charge in [0.2, 0.25) is 11.8 Å². The first-order chi connectivity index (χ1) is 9.97. The van der Waals surface area contributed by atoms with Gasteiger partial charge < -0.3 is 20.7 Å². The van der Waals surface area contributed by atoms with Crippen molar-refractivity contribution in [1.82, 2.24) is 14.9 Å². The molecule has 0 aliphatic heterocycles. The second kappa shape index (κ2) is 6.04. The third-order valence-electron chi connectivity index (χ3n) is 2.88. The molecule has 8 heteroatoms. The normalized spacial score (nSPS) is 12.0. The number of carbonyl (C=O) groups is 3. The van der Waals surface area contributed by atoms with Crippen LogP contribution in [0.4, 0.5) is 0 Å². The number of hydrogen-bond acceptors (Lipinski definition) is 4. The van der Waals surface area contributed by atoms with Crippen molar-refractivity contribution in [3.63, 3.8) is 0 Å². The summed E-state index contributed by atoms with van der Waals surface area (Å²) in [5.74, 6) is -2.64.